The highest BCUT2D eigenvalue weighted by molar-refractivity contribution is 7.14. The van der Waals surface area contributed by atoms with Crippen molar-refractivity contribution in [3.8, 4) is 17.0 Å². The Kier molecular flexibility index (Phi) is 8.44. The predicted octanol–water partition coefficient (Wildman–Crippen LogP) is 5.36. The molecule has 3 heterocycles. The van der Waals surface area contributed by atoms with E-state index < -0.39 is 0 Å². The van der Waals surface area contributed by atoms with E-state index in [0.717, 1.165) is 55.6 Å². The van der Waals surface area contributed by atoms with E-state index in [1.165, 1.54) is 74.9 Å². The van der Waals surface area contributed by atoms with Gasteiger partial charge in [-0.2, -0.15) is 0 Å². The van der Waals surface area contributed by atoms with Gasteiger partial charge in [0.05, 0.1) is 12.8 Å². The molecule has 7 nitrogen and oxygen atoms in total. The number of carbonyl (C=O) groups excluding carboxylic acids is 1. The van der Waals surface area contributed by atoms with Crippen LogP contribution in [0.1, 0.15) is 56.4 Å². The minimum Gasteiger partial charge on any atom is -0.496 e. The van der Waals surface area contributed by atoms with Crippen molar-refractivity contribution < 1.29 is 9.53 Å². The lowest BCUT2D eigenvalue weighted by Gasteiger charge is -2.38. The maximum absolute atomic E-state index is 13.0. The third kappa shape index (κ3) is 6.21. The summed E-state index contributed by atoms with van der Waals surface area (Å²) >= 11 is 1.48. The first kappa shape index (κ1) is 25.5. The normalized spacial score (nSPS) is 22.5. The van der Waals surface area contributed by atoms with Gasteiger partial charge in [-0.3, -0.25) is 10.2 Å². The molecule has 2 aromatic rings. The van der Waals surface area contributed by atoms with Gasteiger partial charge < -0.3 is 14.5 Å². The molecule has 1 aliphatic carbocycles. The summed E-state index contributed by atoms with van der Waals surface area (Å²) < 4.78 is 5.66. The van der Waals surface area contributed by atoms with Gasteiger partial charge in [-0.25, -0.2) is 9.78 Å². The summed E-state index contributed by atoms with van der Waals surface area (Å²) in [5.74, 6) is 2.21. The minimum atomic E-state index is -0.0455. The number of nitrogens with zero attached hydrogens (tertiary/aromatic N) is 4. The Hall–Kier alpha value is -2.16. The zero-order chi connectivity index (χ0) is 24.9. The van der Waals surface area contributed by atoms with Crippen LogP contribution >= 0.6 is 11.3 Å². The molecule has 2 saturated heterocycles. The molecule has 0 radical (unpaired) electrons. The van der Waals surface area contributed by atoms with E-state index in [1.807, 2.05) is 10.3 Å². The maximum Gasteiger partial charge on any atom is 0.323 e. The Morgan fingerprint density at radius 3 is 2.64 bits per heavy atom. The van der Waals surface area contributed by atoms with Crippen molar-refractivity contribution in [1.82, 2.24) is 19.7 Å². The summed E-state index contributed by atoms with van der Waals surface area (Å²) in [6.07, 6.45) is 9.12. The van der Waals surface area contributed by atoms with Crippen LogP contribution in [0.25, 0.3) is 11.3 Å². The van der Waals surface area contributed by atoms with E-state index in [0.29, 0.717) is 11.0 Å². The fourth-order valence-corrected chi connectivity index (χ4v) is 6.86. The van der Waals surface area contributed by atoms with E-state index in [2.05, 4.69) is 40.4 Å². The zero-order valence-corrected chi connectivity index (χ0v) is 22.7. The second kappa shape index (κ2) is 11.9. The highest BCUT2D eigenvalue weighted by atomic mass is 32.1. The molecule has 196 valence electrons. The highest BCUT2D eigenvalue weighted by Gasteiger charge is 2.26. The van der Waals surface area contributed by atoms with Crippen molar-refractivity contribution in [2.24, 2.45) is 5.92 Å². The number of methoxy groups -OCH3 is 1. The number of rotatable bonds is 6. The number of thiazole rings is 1. The maximum atomic E-state index is 13.0. The van der Waals surface area contributed by atoms with Crippen LogP contribution in [0.2, 0.25) is 0 Å². The molecule has 8 heteroatoms. The first-order chi connectivity index (χ1) is 17.6. The molecule has 0 spiro atoms. The Morgan fingerprint density at radius 2 is 1.89 bits per heavy atom. The van der Waals surface area contributed by atoms with Crippen LogP contribution in [0.15, 0.2) is 23.6 Å². The standard InChI is InChI=1S/C28H41N5O2S/c1-31-12-6-7-21(18-31)19-32-13-15-33(16-14-32)28(34)30-27-29-25(20-36-27)24-17-23(10-11-26(24)35-2)22-8-4-3-5-9-22/h10-11,17,20-22H,3-9,12-16,18-19H2,1-2H3,(H,29,30,34)/t21-/m0/s1. The molecule has 3 aliphatic rings. The Bertz CT molecular complexity index is 1010. The number of hydrogen-bond acceptors (Lipinski definition) is 6. The summed E-state index contributed by atoms with van der Waals surface area (Å²) in [5.41, 5.74) is 3.26. The second-order valence-corrected chi connectivity index (χ2v) is 11.7. The van der Waals surface area contributed by atoms with Crippen molar-refractivity contribution >= 4 is 22.5 Å². The zero-order valence-electron chi connectivity index (χ0n) is 21.9. The number of piperazine rings is 1. The quantitative estimate of drug-likeness (QED) is 0.566. The topological polar surface area (TPSA) is 60.9 Å². The number of nitrogens with one attached hydrogen (secondary N) is 1. The number of ether oxygens (including phenoxy) is 1. The number of carbonyl (C=O) groups is 1. The van der Waals surface area contributed by atoms with Crippen LogP contribution in [0.5, 0.6) is 5.75 Å². The number of amides is 2. The molecule has 2 aliphatic heterocycles. The third-order valence-electron chi connectivity index (χ3n) is 8.19. The van der Waals surface area contributed by atoms with Crippen LogP contribution in [-0.2, 0) is 0 Å². The van der Waals surface area contributed by atoms with Crippen LogP contribution < -0.4 is 10.1 Å². The summed E-state index contributed by atoms with van der Waals surface area (Å²) in [4.78, 5) is 24.6. The van der Waals surface area contributed by atoms with Crippen LogP contribution in [0.3, 0.4) is 0 Å². The molecule has 1 atom stereocenters. The number of anilines is 1. The number of urea groups is 1. The molecule has 5 rings (SSSR count). The molecule has 1 N–H and O–H groups in total. The monoisotopic (exact) mass is 511 g/mol. The molecule has 0 bridgehead atoms. The van der Waals surface area contributed by atoms with Gasteiger partial charge in [0.25, 0.3) is 0 Å². The molecular weight excluding hydrogens is 470 g/mol. The predicted molar refractivity (Wildman–Crippen MR) is 147 cm³/mol. The Labute approximate surface area is 219 Å². The van der Waals surface area contributed by atoms with Crippen molar-refractivity contribution in [1.29, 1.82) is 0 Å². The molecule has 1 aromatic carbocycles. The number of likely N-dealkylation sites (tertiary alicyclic amines) is 1. The molecule has 2 amide bonds. The van der Waals surface area contributed by atoms with E-state index in [-0.39, 0.29) is 6.03 Å². The number of aromatic nitrogens is 1. The van der Waals surface area contributed by atoms with Crippen molar-refractivity contribution in [2.45, 2.75) is 50.9 Å². The SMILES string of the molecule is COc1ccc(C2CCCCC2)cc1-c1csc(NC(=O)N2CCN(C[C@H]3CCCN(C)C3)CC2)n1. The fraction of sp³-hybridized carbons (Fsp3) is 0.643. The van der Waals surface area contributed by atoms with Crippen molar-refractivity contribution in [2.75, 3.05) is 65.3 Å². The largest absolute Gasteiger partial charge is 0.496 e. The average molecular weight is 512 g/mol. The van der Waals surface area contributed by atoms with Crippen LogP contribution in [-0.4, -0.2) is 85.7 Å². The van der Waals surface area contributed by atoms with E-state index in [1.54, 1.807) is 7.11 Å². The number of hydrogen-bond donors (Lipinski definition) is 1. The van der Waals surface area contributed by atoms with Gasteiger partial charge in [0.15, 0.2) is 5.13 Å². The third-order valence-corrected chi connectivity index (χ3v) is 8.95. The van der Waals surface area contributed by atoms with Crippen LogP contribution in [0.4, 0.5) is 9.93 Å². The van der Waals surface area contributed by atoms with Gasteiger partial charge >= 0.3 is 6.03 Å². The Morgan fingerprint density at radius 1 is 1.08 bits per heavy atom. The highest BCUT2D eigenvalue weighted by Crippen LogP contribution is 2.38. The summed E-state index contributed by atoms with van der Waals surface area (Å²) in [5, 5.41) is 5.72. The average Bonchev–Trinajstić information content (AvgIpc) is 3.37. The first-order valence-electron chi connectivity index (χ1n) is 13.7. The van der Waals surface area contributed by atoms with Crippen LogP contribution in [0, 0.1) is 5.92 Å². The van der Waals surface area contributed by atoms with Gasteiger partial charge in [0.1, 0.15) is 5.75 Å². The first-order valence-corrected chi connectivity index (χ1v) is 14.6. The molecule has 36 heavy (non-hydrogen) atoms. The summed E-state index contributed by atoms with van der Waals surface area (Å²) in [7, 11) is 3.93. The lowest BCUT2D eigenvalue weighted by molar-refractivity contribution is 0.109. The molecule has 3 fully saturated rings. The number of piperidine rings is 1. The lowest BCUT2D eigenvalue weighted by atomic mass is 9.83. The lowest BCUT2D eigenvalue weighted by Crippen LogP contribution is -2.51. The molecule has 1 aromatic heterocycles. The smallest absolute Gasteiger partial charge is 0.323 e. The van der Waals surface area contributed by atoms with Crippen molar-refractivity contribution in [3.63, 3.8) is 0 Å². The van der Waals surface area contributed by atoms with E-state index >= 15 is 0 Å². The second-order valence-electron chi connectivity index (χ2n) is 10.8. The summed E-state index contributed by atoms with van der Waals surface area (Å²) in [6, 6.07) is 6.48. The molecule has 1 saturated carbocycles. The van der Waals surface area contributed by atoms with E-state index in [4.69, 9.17) is 9.72 Å². The minimum absolute atomic E-state index is 0.0455. The van der Waals surface area contributed by atoms with Gasteiger partial charge in [0, 0.05) is 50.2 Å². The van der Waals surface area contributed by atoms with Gasteiger partial charge in [0.2, 0.25) is 0 Å². The molecule has 0 unspecified atom stereocenters. The van der Waals surface area contributed by atoms with Gasteiger partial charge in [-0.15, -0.1) is 11.3 Å². The Balaban J connectivity index is 1.17. The fourth-order valence-electron chi connectivity index (χ4n) is 6.16. The number of benzene rings is 1. The van der Waals surface area contributed by atoms with Gasteiger partial charge in [-0.05, 0) is 68.8 Å². The summed E-state index contributed by atoms with van der Waals surface area (Å²) in [6.45, 7) is 7.00. The molecular formula is C28H41N5O2S. The van der Waals surface area contributed by atoms with Crippen molar-refractivity contribution in [3.05, 3.63) is 29.1 Å². The van der Waals surface area contributed by atoms with E-state index in [9.17, 15) is 4.79 Å². The van der Waals surface area contributed by atoms with Gasteiger partial charge in [-0.1, -0.05) is 25.3 Å².